The number of likely N-dealkylation sites (tertiary alicyclic amines) is 1. The molecule has 3 amide bonds. The van der Waals surface area contributed by atoms with Crippen molar-refractivity contribution in [2.45, 2.75) is 30.2 Å². The van der Waals surface area contributed by atoms with E-state index in [1.807, 2.05) is 12.3 Å². The molecular weight excluding hydrogens is 605 g/mol. The highest BCUT2D eigenvalue weighted by Gasteiger charge is 2.30. The lowest BCUT2D eigenvalue weighted by atomic mass is 9.95. The van der Waals surface area contributed by atoms with Crippen molar-refractivity contribution in [1.29, 1.82) is 0 Å². The summed E-state index contributed by atoms with van der Waals surface area (Å²) in [6.45, 7) is 0.370. The number of rotatable bonds is 12. The first kappa shape index (κ1) is 33.1. The van der Waals surface area contributed by atoms with Gasteiger partial charge < -0.3 is 30.1 Å². The quantitative estimate of drug-likeness (QED) is 0.236. The number of amides is 3. The van der Waals surface area contributed by atoms with Gasteiger partial charge in [-0.2, -0.15) is 0 Å². The van der Waals surface area contributed by atoms with Crippen molar-refractivity contribution in [2.75, 3.05) is 40.1 Å². The Kier molecular flexibility index (Phi) is 12.4. The maximum atomic E-state index is 12.8. The molecule has 0 radical (unpaired) electrons. The minimum absolute atomic E-state index is 0.0655. The molecule has 2 aromatic carbocycles. The van der Waals surface area contributed by atoms with Crippen LogP contribution in [0.1, 0.15) is 24.0 Å². The second-order valence-electron chi connectivity index (χ2n) is 9.48. The number of aliphatic carboxylic acids is 1. The summed E-state index contributed by atoms with van der Waals surface area (Å²) < 4.78 is 10.5. The van der Waals surface area contributed by atoms with Crippen molar-refractivity contribution in [3.05, 3.63) is 57.6 Å². The third-order valence-corrected chi connectivity index (χ3v) is 8.62. The fourth-order valence-corrected chi connectivity index (χ4v) is 5.60. The summed E-state index contributed by atoms with van der Waals surface area (Å²) in [4.78, 5) is 52.4. The minimum atomic E-state index is -1.31. The number of carboxylic acids is 1. The molecule has 0 aliphatic carbocycles. The lowest BCUT2D eigenvalue weighted by Gasteiger charge is -2.31. The van der Waals surface area contributed by atoms with E-state index in [1.165, 1.54) is 32.1 Å². The molecule has 42 heavy (non-hydrogen) atoms. The van der Waals surface area contributed by atoms with Gasteiger partial charge in [0.25, 0.3) is 0 Å². The standard InChI is InChI=1S/C29H33Cl2N3O7S/c1-40-20-6-7-22(41-2)19(14-20)15-24(35)32-16-21(29(38)39)33-28(37)18-10-12-34(13-11-18)25(36)9-5-17-4-8-23(42-3)27(31)26(17)30/h4-9,14,18,21H,10-13,15-16H2,1-3H3,(H,32,35)(H,33,37)(H,38,39)/t21-/m0/s1. The zero-order valence-electron chi connectivity index (χ0n) is 23.4. The molecule has 0 saturated carbocycles. The molecule has 0 bridgehead atoms. The first-order valence-electron chi connectivity index (χ1n) is 13.1. The van der Waals surface area contributed by atoms with Gasteiger partial charge in [-0.15, -0.1) is 11.8 Å². The third-order valence-electron chi connectivity index (χ3n) is 6.84. The van der Waals surface area contributed by atoms with Crippen LogP contribution in [0, 0.1) is 5.92 Å². The fourth-order valence-electron chi connectivity index (χ4n) is 4.42. The first-order chi connectivity index (χ1) is 20.1. The lowest BCUT2D eigenvalue weighted by Crippen LogP contribution is -2.51. The molecule has 3 N–H and O–H groups in total. The zero-order chi connectivity index (χ0) is 30.8. The van der Waals surface area contributed by atoms with E-state index < -0.39 is 29.7 Å². The third kappa shape index (κ3) is 8.80. The topological polar surface area (TPSA) is 134 Å². The van der Waals surface area contributed by atoms with Gasteiger partial charge in [0, 0.05) is 42.1 Å². The van der Waals surface area contributed by atoms with Gasteiger partial charge in [0.2, 0.25) is 17.7 Å². The summed E-state index contributed by atoms with van der Waals surface area (Å²) >= 11 is 14.1. The van der Waals surface area contributed by atoms with Crippen LogP contribution in [0.2, 0.25) is 10.0 Å². The van der Waals surface area contributed by atoms with E-state index in [9.17, 15) is 24.3 Å². The van der Waals surface area contributed by atoms with Crippen molar-refractivity contribution < 1.29 is 33.8 Å². The van der Waals surface area contributed by atoms with Crippen molar-refractivity contribution in [1.82, 2.24) is 15.5 Å². The van der Waals surface area contributed by atoms with E-state index in [-0.39, 0.29) is 18.9 Å². The number of carbonyl (C=O) groups excluding carboxylic acids is 3. The van der Waals surface area contributed by atoms with Crippen LogP contribution in [0.15, 0.2) is 41.3 Å². The van der Waals surface area contributed by atoms with Crippen molar-refractivity contribution in [2.24, 2.45) is 5.92 Å². The highest BCUT2D eigenvalue weighted by atomic mass is 35.5. The summed E-state index contributed by atoms with van der Waals surface area (Å²) in [6, 6.07) is 7.34. The van der Waals surface area contributed by atoms with Gasteiger partial charge in [0.15, 0.2) is 0 Å². The molecule has 0 unspecified atom stereocenters. The Morgan fingerprint density at radius 2 is 1.81 bits per heavy atom. The number of benzene rings is 2. The van der Waals surface area contributed by atoms with E-state index in [0.717, 1.165) is 4.90 Å². The van der Waals surface area contributed by atoms with E-state index in [1.54, 1.807) is 35.2 Å². The predicted molar refractivity (Wildman–Crippen MR) is 162 cm³/mol. The molecule has 0 spiro atoms. The predicted octanol–water partition coefficient (Wildman–Crippen LogP) is 3.91. The molecular formula is C29H33Cl2N3O7S. The Morgan fingerprint density at radius 3 is 2.43 bits per heavy atom. The van der Waals surface area contributed by atoms with Crippen molar-refractivity contribution in [3.63, 3.8) is 0 Å². The number of piperidine rings is 1. The van der Waals surface area contributed by atoms with E-state index in [4.69, 9.17) is 32.7 Å². The van der Waals surface area contributed by atoms with E-state index in [0.29, 0.717) is 58.6 Å². The number of hydrogen-bond acceptors (Lipinski definition) is 7. The van der Waals surface area contributed by atoms with Crippen LogP contribution in [0.25, 0.3) is 6.08 Å². The summed E-state index contributed by atoms with van der Waals surface area (Å²) in [7, 11) is 2.99. The van der Waals surface area contributed by atoms with Crippen LogP contribution in [0.4, 0.5) is 0 Å². The highest BCUT2D eigenvalue weighted by molar-refractivity contribution is 7.98. The Hall–Kier alpha value is -3.41. The summed E-state index contributed by atoms with van der Waals surface area (Å²) in [5.41, 5.74) is 1.19. The van der Waals surface area contributed by atoms with Gasteiger partial charge in [-0.05, 0) is 55.0 Å². The number of methoxy groups -OCH3 is 2. The Balaban J connectivity index is 1.50. The number of thioether (sulfide) groups is 1. The molecule has 3 rings (SSSR count). The van der Waals surface area contributed by atoms with Gasteiger partial charge in [-0.1, -0.05) is 29.3 Å². The highest BCUT2D eigenvalue weighted by Crippen LogP contribution is 2.35. The van der Waals surface area contributed by atoms with E-state index >= 15 is 0 Å². The average molecular weight is 639 g/mol. The van der Waals surface area contributed by atoms with Crippen LogP contribution < -0.4 is 20.1 Å². The minimum Gasteiger partial charge on any atom is -0.497 e. The molecule has 0 aromatic heterocycles. The fraction of sp³-hybridized carbons (Fsp3) is 0.379. The number of carbonyl (C=O) groups is 4. The zero-order valence-corrected chi connectivity index (χ0v) is 25.8. The van der Waals surface area contributed by atoms with Gasteiger partial charge in [0.05, 0.1) is 30.7 Å². The smallest absolute Gasteiger partial charge is 0.328 e. The van der Waals surface area contributed by atoms with Gasteiger partial charge in [0.1, 0.15) is 17.5 Å². The van der Waals surface area contributed by atoms with Crippen LogP contribution in [-0.2, 0) is 25.6 Å². The van der Waals surface area contributed by atoms with Crippen LogP contribution in [0.3, 0.4) is 0 Å². The Labute approximate surface area is 258 Å². The van der Waals surface area contributed by atoms with Crippen LogP contribution >= 0.6 is 35.0 Å². The maximum Gasteiger partial charge on any atom is 0.328 e. The molecule has 1 saturated heterocycles. The van der Waals surface area contributed by atoms with Crippen LogP contribution in [0.5, 0.6) is 11.5 Å². The molecule has 13 heteroatoms. The Bertz CT molecular complexity index is 1350. The number of hydrogen-bond donors (Lipinski definition) is 3. The number of nitrogens with zero attached hydrogens (tertiary/aromatic N) is 1. The molecule has 1 fully saturated rings. The summed E-state index contributed by atoms with van der Waals surface area (Å²) in [6.07, 6.45) is 5.59. The SMILES string of the molecule is COc1ccc(OC)c(CC(=O)NC[C@H](NC(=O)C2CCN(C(=O)C=Cc3ccc(SC)c(Cl)c3Cl)CC2)C(=O)O)c1. The molecule has 226 valence electrons. The number of nitrogens with one attached hydrogen (secondary N) is 2. The summed E-state index contributed by atoms with van der Waals surface area (Å²) in [5.74, 6) is -1.81. The van der Waals surface area contributed by atoms with Crippen molar-refractivity contribution >= 4 is 64.7 Å². The average Bonchev–Trinajstić information content (AvgIpc) is 2.99. The maximum absolute atomic E-state index is 12.8. The van der Waals surface area contributed by atoms with Crippen LogP contribution in [-0.4, -0.2) is 79.8 Å². The number of halogens is 2. The normalized spacial score (nSPS) is 14.4. The molecule has 1 aliphatic heterocycles. The van der Waals surface area contributed by atoms with Gasteiger partial charge >= 0.3 is 5.97 Å². The molecule has 2 aromatic rings. The number of carboxylic acid groups (broad SMARTS) is 1. The van der Waals surface area contributed by atoms with E-state index in [2.05, 4.69) is 10.6 Å². The monoisotopic (exact) mass is 637 g/mol. The van der Waals surface area contributed by atoms with Gasteiger partial charge in [-0.3, -0.25) is 14.4 Å². The molecule has 1 atom stereocenters. The molecule has 1 heterocycles. The second kappa shape index (κ2) is 15.7. The second-order valence-corrected chi connectivity index (χ2v) is 11.1. The van der Waals surface area contributed by atoms with Gasteiger partial charge in [-0.25, -0.2) is 4.79 Å². The first-order valence-corrected chi connectivity index (χ1v) is 15.1. The molecule has 10 nitrogen and oxygen atoms in total. The molecule has 1 aliphatic rings. The summed E-state index contributed by atoms with van der Waals surface area (Å²) in [5, 5.41) is 15.5. The number of ether oxygens (including phenoxy) is 2. The Morgan fingerprint density at radius 1 is 1.10 bits per heavy atom. The largest absolute Gasteiger partial charge is 0.497 e. The lowest BCUT2D eigenvalue weighted by molar-refractivity contribution is -0.142. The van der Waals surface area contributed by atoms with Crippen molar-refractivity contribution in [3.8, 4) is 11.5 Å².